The fraction of sp³-hybridized carbons (Fsp3) is 0.182. The van der Waals surface area contributed by atoms with Crippen molar-refractivity contribution in [3.63, 3.8) is 0 Å². The first-order valence-electron chi connectivity index (χ1n) is 5.50. The van der Waals surface area contributed by atoms with Crippen molar-refractivity contribution in [3.8, 4) is 11.4 Å². The average Bonchev–Trinajstić information content (AvgIpc) is 2.85. The van der Waals surface area contributed by atoms with E-state index in [0.717, 1.165) is 5.71 Å². The van der Waals surface area contributed by atoms with Crippen molar-refractivity contribution in [2.24, 2.45) is 5.10 Å². The third kappa shape index (κ3) is 2.84. The van der Waals surface area contributed by atoms with E-state index in [-0.39, 0.29) is 34.5 Å². The zero-order chi connectivity index (χ0) is 13.6. The smallest absolute Gasteiger partial charge is 0.744 e. The number of aromatic nitrogens is 3. The molecule has 0 saturated carbocycles. The molecule has 0 unspecified atom stereocenters. The van der Waals surface area contributed by atoms with Crippen LogP contribution in [0.1, 0.15) is 12.7 Å². The van der Waals surface area contributed by atoms with Crippen LogP contribution < -0.4 is 29.6 Å². The van der Waals surface area contributed by atoms with Gasteiger partial charge in [0, 0.05) is 17.7 Å². The number of benzene rings is 1. The summed E-state index contributed by atoms with van der Waals surface area (Å²) in [6.45, 7) is 1.88. The molecular weight excluding hydrogens is 291 g/mol. The van der Waals surface area contributed by atoms with Gasteiger partial charge < -0.3 is 4.55 Å². The first-order valence-corrected chi connectivity index (χ1v) is 6.91. The molecule has 0 saturated heterocycles. The van der Waals surface area contributed by atoms with E-state index >= 15 is 0 Å². The Labute approximate surface area is 137 Å². The molecule has 0 amide bonds. The van der Waals surface area contributed by atoms with Crippen LogP contribution in [0.25, 0.3) is 11.4 Å². The molecule has 20 heavy (non-hydrogen) atoms. The van der Waals surface area contributed by atoms with E-state index in [9.17, 15) is 13.0 Å². The molecule has 2 aromatic rings. The van der Waals surface area contributed by atoms with E-state index in [1.165, 1.54) is 23.0 Å². The monoisotopic (exact) mass is 300 g/mol. The van der Waals surface area contributed by atoms with Crippen LogP contribution >= 0.6 is 0 Å². The summed E-state index contributed by atoms with van der Waals surface area (Å²) in [6, 6.07) is 5.65. The Bertz CT molecular complexity index is 798. The summed E-state index contributed by atoms with van der Waals surface area (Å²) in [4.78, 5) is 5.40. The SMILES string of the molecule is CC1=Nn2nc(-c3cccc(S(=O)(=O)[O-])c3)nc2C1.[Na+]. The van der Waals surface area contributed by atoms with Gasteiger partial charge in [-0.2, -0.15) is 5.10 Å². The maximum Gasteiger partial charge on any atom is 1.00 e. The van der Waals surface area contributed by atoms with Gasteiger partial charge >= 0.3 is 29.6 Å². The molecule has 0 fully saturated rings. The molecule has 0 aliphatic carbocycles. The fourth-order valence-electron chi connectivity index (χ4n) is 1.87. The van der Waals surface area contributed by atoms with E-state index in [1.807, 2.05) is 6.92 Å². The van der Waals surface area contributed by atoms with Gasteiger partial charge in [0.1, 0.15) is 10.1 Å². The van der Waals surface area contributed by atoms with E-state index in [0.29, 0.717) is 23.6 Å². The first kappa shape index (κ1) is 15.3. The van der Waals surface area contributed by atoms with Gasteiger partial charge in [0.2, 0.25) is 0 Å². The minimum atomic E-state index is -4.48. The van der Waals surface area contributed by atoms with Crippen molar-refractivity contribution in [1.29, 1.82) is 0 Å². The largest absolute Gasteiger partial charge is 1.00 e. The molecule has 0 N–H and O–H groups in total. The van der Waals surface area contributed by atoms with Crippen molar-refractivity contribution < 1.29 is 42.5 Å². The Kier molecular flexibility index (Phi) is 4.12. The Balaban J connectivity index is 0.00000147. The maximum atomic E-state index is 11.0. The molecule has 0 atom stereocenters. The van der Waals surface area contributed by atoms with Crippen LogP contribution in [0.4, 0.5) is 0 Å². The summed E-state index contributed by atoms with van der Waals surface area (Å²) in [5, 5.41) is 8.30. The van der Waals surface area contributed by atoms with Gasteiger partial charge in [-0.05, 0) is 19.1 Å². The second-order valence-electron chi connectivity index (χ2n) is 4.24. The predicted molar refractivity (Wildman–Crippen MR) is 65.6 cm³/mol. The topological polar surface area (TPSA) is 100 Å². The minimum absolute atomic E-state index is 0. The predicted octanol–water partition coefficient (Wildman–Crippen LogP) is -2.37. The van der Waals surface area contributed by atoms with Crippen molar-refractivity contribution in [2.75, 3.05) is 0 Å². The number of nitrogens with zero attached hydrogens (tertiary/aromatic N) is 4. The van der Waals surface area contributed by atoms with Gasteiger partial charge in [-0.3, -0.25) is 0 Å². The van der Waals surface area contributed by atoms with Crippen molar-refractivity contribution in [1.82, 2.24) is 14.9 Å². The van der Waals surface area contributed by atoms with Crippen LogP contribution in [-0.4, -0.2) is 33.6 Å². The second-order valence-corrected chi connectivity index (χ2v) is 5.61. The summed E-state index contributed by atoms with van der Waals surface area (Å²) in [7, 11) is -4.48. The van der Waals surface area contributed by atoms with Gasteiger partial charge in [0.05, 0.1) is 4.90 Å². The Morgan fingerprint density at radius 1 is 1.35 bits per heavy atom. The number of hydrogen-bond donors (Lipinski definition) is 0. The van der Waals surface area contributed by atoms with E-state index in [4.69, 9.17) is 0 Å². The molecule has 0 bridgehead atoms. The molecule has 1 aromatic heterocycles. The van der Waals surface area contributed by atoms with E-state index < -0.39 is 10.1 Å². The summed E-state index contributed by atoms with van der Waals surface area (Å²) < 4.78 is 32.9. The van der Waals surface area contributed by atoms with Crippen molar-refractivity contribution in [2.45, 2.75) is 18.2 Å². The number of hydrogen-bond acceptors (Lipinski definition) is 6. The normalized spacial score (nSPS) is 13.6. The quantitative estimate of drug-likeness (QED) is 0.456. The molecule has 0 radical (unpaired) electrons. The third-order valence-electron chi connectivity index (χ3n) is 2.72. The Hall–Kier alpha value is -1.06. The molecule has 2 heterocycles. The van der Waals surface area contributed by atoms with Gasteiger partial charge in [-0.1, -0.05) is 12.1 Å². The zero-order valence-electron chi connectivity index (χ0n) is 10.9. The van der Waals surface area contributed by atoms with Gasteiger partial charge in [-0.25, -0.2) is 13.4 Å². The van der Waals surface area contributed by atoms with Crippen LogP contribution in [0.3, 0.4) is 0 Å². The maximum absolute atomic E-state index is 11.0. The molecule has 7 nitrogen and oxygen atoms in total. The number of fused-ring (bicyclic) bond motifs is 1. The molecule has 9 heteroatoms. The second kappa shape index (κ2) is 5.38. The van der Waals surface area contributed by atoms with Crippen LogP contribution in [0.5, 0.6) is 0 Å². The molecular formula is C11H9N4NaO3S. The average molecular weight is 300 g/mol. The minimum Gasteiger partial charge on any atom is -0.744 e. The zero-order valence-corrected chi connectivity index (χ0v) is 13.8. The van der Waals surface area contributed by atoms with Crippen LogP contribution in [0, 0.1) is 0 Å². The number of rotatable bonds is 2. The summed E-state index contributed by atoms with van der Waals surface area (Å²) in [6.07, 6.45) is 0.618. The molecule has 3 rings (SSSR count). The Morgan fingerprint density at radius 2 is 2.10 bits per heavy atom. The van der Waals surface area contributed by atoms with Crippen molar-refractivity contribution >= 4 is 15.8 Å². The first-order chi connectivity index (χ1) is 8.93. The third-order valence-corrected chi connectivity index (χ3v) is 3.55. The molecule has 0 spiro atoms. The Morgan fingerprint density at radius 3 is 2.75 bits per heavy atom. The van der Waals surface area contributed by atoms with Crippen molar-refractivity contribution in [3.05, 3.63) is 30.1 Å². The molecule has 1 aliphatic heterocycles. The summed E-state index contributed by atoms with van der Waals surface area (Å²) in [5.74, 6) is 1.06. The molecule has 98 valence electrons. The van der Waals surface area contributed by atoms with Crippen LogP contribution in [-0.2, 0) is 16.5 Å². The van der Waals surface area contributed by atoms with Crippen LogP contribution in [0.2, 0.25) is 0 Å². The van der Waals surface area contributed by atoms with E-state index in [2.05, 4.69) is 15.2 Å². The van der Waals surface area contributed by atoms with E-state index in [1.54, 1.807) is 6.07 Å². The van der Waals surface area contributed by atoms with Gasteiger partial charge in [0.15, 0.2) is 11.6 Å². The fourth-order valence-corrected chi connectivity index (χ4v) is 2.38. The standard InChI is InChI=1S/C11H10N4O3S.Na/c1-7-5-10-12-11(14-15(10)13-7)8-3-2-4-9(6-8)19(16,17)18;/h2-4,6H,5H2,1H3,(H,16,17,18);/q;+1/p-1. The molecule has 1 aliphatic rings. The van der Waals surface area contributed by atoms with Gasteiger partial charge in [-0.15, -0.1) is 9.89 Å². The van der Waals surface area contributed by atoms with Gasteiger partial charge in [0.25, 0.3) is 0 Å². The summed E-state index contributed by atoms with van der Waals surface area (Å²) in [5.41, 5.74) is 1.39. The molecule has 1 aromatic carbocycles. The van der Waals surface area contributed by atoms with Crippen LogP contribution in [0.15, 0.2) is 34.3 Å². The summed E-state index contributed by atoms with van der Waals surface area (Å²) >= 11 is 0.